The second-order valence-electron chi connectivity index (χ2n) is 9.01. The van der Waals surface area contributed by atoms with E-state index in [2.05, 4.69) is 0 Å². The van der Waals surface area contributed by atoms with Crippen LogP contribution < -0.4 is 4.90 Å². The van der Waals surface area contributed by atoms with Crippen LogP contribution in [0.3, 0.4) is 0 Å². The number of carbonyl (C=O) groups excluding carboxylic acids is 3. The highest BCUT2D eigenvalue weighted by molar-refractivity contribution is 6.02. The third kappa shape index (κ3) is 5.43. The maximum Gasteiger partial charge on any atom is 0.312 e. The van der Waals surface area contributed by atoms with E-state index < -0.39 is 23.6 Å². The average Bonchev–Trinajstić information content (AvgIpc) is 2.73. The van der Waals surface area contributed by atoms with Crippen LogP contribution in [0.2, 0.25) is 0 Å². The van der Waals surface area contributed by atoms with E-state index in [4.69, 9.17) is 14.2 Å². The van der Waals surface area contributed by atoms with Gasteiger partial charge in [0.15, 0.2) is 0 Å². The van der Waals surface area contributed by atoms with E-state index in [1.807, 2.05) is 19.1 Å². The van der Waals surface area contributed by atoms with Gasteiger partial charge < -0.3 is 24.0 Å². The fraction of sp³-hybridized carbons (Fsp3) is 0.609. The van der Waals surface area contributed by atoms with E-state index in [1.165, 1.54) is 0 Å². The van der Waals surface area contributed by atoms with Crippen LogP contribution >= 0.6 is 0 Å². The molecule has 0 bridgehead atoms. The molecular formula is C23H32N2O6. The molecule has 2 aliphatic rings. The molecule has 3 rings (SSSR count). The lowest BCUT2D eigenvalue weighted by Gasteiger charge is -2.35. The Morgan fingerprint density at radius 1 is 1.13 bits per heavy atom. The molecule has 2 heterocycles. The molecule has 2 saturated heterocycles. The molecule has 0 radical (unpaired) electrons. The van der Waals surface area contributed by atoms with E-state index >= 15 is 0 Å². The summed E-state index contributed by atoms with van der Waals surface area (Å²) in [5.74, 6) is -1.59. The van der Waals surface area contributed by atoms with Gasteiger partial charge in [0.05, 0.1) is 25.7 Å². The summed E-state index contributed by atoms with van der Waals surface area (Å²) in [6.45, 7) is 11.7. The van der Waals surface area contributed by atoms with Gasteiger partial charge >= 0.3 is 5.97 Å². The van der Waals surface area contributed by atoms with Crippen LogP contribution in [0.15, 0.2) is 18.2 Å². The second-order valence-corrected chi connectivity index (χ2v) is 9.01. The topological polar surface area (TPSA) is 85.4 Å². The van der Waals surface area contributed by atoms with Gasteiger partial charge in [-0.1, -0.05) is 6.07 Å². The normalized spacial score (nSPS) is 21.1. The first kappa shape index (κ1) is 23.2. The third-order valence-electron chi connectivity index (χ3n) is 5.42. The van der Waals surface area contributed by atoms with Crippen molar-refractivity contribution in [3.05, 3.63) is 29.3 Å². The molecule has 2 fully saturated rings. The van der Waals surface area contributed by atoms with E-state index in [9.17, 15) is 14.4 Å². The van der Waals surface area contributed by atoms with Gasteiger partial charge in [0, 0.05) is 30.9 Å². The van der Waals surface area contributed by atoms with Crippen LogP contribution in [0, 0.1) is 12.8 Å². The van der Waals surface area contributed by atoms with E-state index in [0.717, 1.165) is 5.56 Å². The largest absolute Gasteiger partial charge is 0.460 e. The number of ether oxygens (including phenoxy) is 3. The van der Waals surface area contributed by atoms with Crippen molar-refractivity contribution in [3.63, 3.8) is 0 Å². The molecule has 170 valence electrons. The van der Waals surface area contributed by atoms with Crippen molar-refractivity contribution in [1.82, 2.24) is 4.90 Å². The Morgan fingerprint density at radius 2 is 1.81 bits per heavy atom. The Kier molecular flexibility index (Phi) is 7.01. The zero-order chi connectivity index (χ0) is 22.8. The molecule has 8 heteroatoms. The van der Waals surface area contributed by atoms with Crippen molar-refractivity contribution in [2.75, 3.05) is 44.4 Å². The highest BCUT2D eigenvalue weighted by atomic mass is 16.6. The molecule has 0 N–H and O–H groups in total. The van der Waals surface area contributed by atoms with Gasteiger partial charge in [0.25, 0.3) is 11.8 Å². The van der Waals surface area contributed by atoms with Gasteiger partial charge in [0.2, 0.25) is 0 Å². The molecule has 8 nitrogen and oxygen atoms in total. The number of hydrogen-bond acceptors (Lipinski definition) is 6. The second kappa shape index (κ2) is 9.36. The van der Waals surface area contributed by atoms with Gasteiger partial charge in [0.1, 0.15) is 11.7 Å². The minimum absolute atomic E-state index is 0.0676. The van der Waals surface area contributed by atoms with Crippen LogP contribution in [0.4, 0.5) is 5.69 Å². The Bertz CT molecular complexity index is 841. The van der Waals surface area contributed by atoms with E-state index in [1.54, 1.807) is 43.6 Å². The standard InChI is InChI=1S/C23H32N2O6/c1-15-6-7-17(14-18(15)20(26)24-8-11-29-12-9-24)25-10-13-30-19(21(25)27)16(2)22(28)31-23(3,4)5/h6-7,14,16,19H,8-13H2,1-5H3. The van der Waals surface area contributed by atoms with Crippen LogP contribution in [-0.4, -0.2) is 73.8 Å². The molecule has 0 spiro atoms. The molecular weight excluding hydrogens is 400 g/mol. The Hall–Kier alpha value is -2.45. The fourth-order valence-electron chi connectivity index (χ4n) is 3.68. The van der Waals surface area contributed by atoms with Gasteiger partial charge in [-0.25, -0.2) is 0 Å². The van der Waals surface area contributed by atoms with Gasteiger partial charge in [-0.3, -0.25) is 14.4 Å². The Morgan fingerprint density at radius 3 is 2.45 bits per heavy atom. The number of hydrogen-bond donors (Lipinski definition) is 0. The number of aryl methyl sites for hydroxylation is 1. The average molecular weight is 433 g/mol. The van der Waals surface area contributed by atoms with Crippen LogP contribution in [-0.2, 0) is 23.8 Å². The van der Waals surface area contributed by atoms with Crippen molar-refractivity contribution in [1.29, 1.82) is 0 Å². The summed E-state index contributed by atoms with van der Waals surface area (Å²) in [5, 5.41) is 0. The van der Waals surface area contributed by atoms with Crippen molar-refractivity contribution in [2.24, 2.45) is 5.92 Å². The molecule has 1 aromatic carbocycles. The summed E-state index contributed by atoms with van der Waals surface area (Å²) in [5.41, 5.74) is 1.39. The Labute approximate surface area is 183 Å². The first-order valence-corrected chi connectivity index (χ1v) is 10.7. The quantitative estimate of drug-likeness (QED) is 0.678. The minimum Gasteiger partial charge on any atom is -0.460 e. The molecule has 2 atom stereocenters. The lowest BCUT2D eigenvalue weighted by atomic mass is 10.0. The van der Waals surface area contributed by atoms with Crippen molar-refractivity contribution in [2.45, 2.75) is 46.3 Å². The van der Waals surface area contributed by atoms with Crippen LogP contribution in [0.5, 0.6) is 0 Å². The highest BCUT2D eigenvalue weighted by Gasteiger charge is 2.39. The molecule has 0 aromatic heterocycles. The number of anilines is 1. The number of nitrogens with zero attached hydrogens (tertiary/aromatic N) is 2. The molecule has 1 aromatic rings. The molecule has 0 saturated carbocycles. The van der Waals surface area contributed by atoms with Crippen molar-refractivity contribution >= 4 is 23.5 Å². The molecule has 2 unspecified atom stereocenters. The summed E-state index contributed by atoms with van der Waals surface area (Å²) < 4.78 is 16.4. The number of amides is 2. The monoisotopic (exact) mass is 432 g/mol. The highest BCUT2D eigenvalue weighted by Crippen LogP contribution is 2.26. The van der Waals surface area contributed by atoms with E-state index in [0.29, 0.717) is 50.7 Å². The van der Waals surface area contributed by atoms with E-state index in [-0.39, 0.29) is 11.8 Å². The van der Waals surface area contributed by atoms with Gasteiger partial charge in [-0.15, -0.1) is 0 Å². The van der Waals surface area contributed by atoms with Crippen LogP contribution in [0.25, 0.3) is 0 Å². The third-order valence-corrected chi connectivity index (χ3v) is 5.42. The molecule has 2 amide bonds. The SMILES string of the molecule is Cc1ccc(N2CCOC(C(C)C(=O)OC(C)(C)C)C2=O)cc1C(=O)N1CCOCC1. The number of rotatable bonds is 4. The molecule has 31 heavy (non-hydrogen) atoms. The lowest BCUT2D eigenvalue weighted by molar-refractivity contribution is -0.168. The fourth-order valence-corrected chi connectivity index (χ4v) is 3.68. The predicted octanol–water partition coefficient (Wildman–Crippen LogP) is 2.18. The summed E-state index contributed by atoms with van der Waals surface area (Å²) in [7, 11) is 0. The summed E-state index contributed by atoms with van der Waals surface area (Å²) in [6.07, 6.45) is -0.928. The summed E-state index contributed by atoms with van der Waals surface area (Å²) in [4.78, 5) is 42.0. The van der Waals surface area contributed by atoms with Crippen molar-refractivity contribution in [3.8, 4) is 0 Å². The lowest BCUT2D eigenvalue weighted by Crippen LogP contribution is -2.52. The van der Waals surface area contributed by atoms with Gasteiger partial charge in [-0.05, 0) is 52.3 Å². The van der Waals surface area contributed by atoms with Gasteiger partial charge in [-0.2, -0.15) is 0 Å². The minimum atomic E-state index is -0.928. The molecule has 0 aliphatic carbocycles. The predicted molar refractivity (Wildman–Crippen MR) is 115 cm³/mol. The molecule has 2 aliphatic heterocycles. The van der Waals surface area contributed by atoms with Crippen LogP contribution in [0.1, 0.15) is 43.6 Å². The number of morpholine rings is 2. The first-order chi connectivity index (χ1) is 14.6. The number of benzene rings is 1. The maximum atomic E-state index is 13.2. The smallest absolute Gasteiger partial charge is 0.312 e. The maximum absolute atomic E-state index is 13.2. The summed E-state index contributed by atoms with van der Waals surface area (Å²) >= 11 is 0. The number of carbonyl (C=O) groups is 3. The zero-order valence-corrected chi connectivity index (χ0v) is 19.0. The Balaban J connectivity index is 1.79. The summed E-state index contributed by atoms with van der Waals surface area (Å²) in [6, 6.07) is 5.42. The number of esters is 1. The van der Waals surface area contributed by atoms with Crippen molar-refractivity contribution < 1.29 is 28.6 Å². The zero-order valence-electron chi connectivity index (χ0n) is 19.0. The first-order valence-electron chi connectivity index (χ1n) is 10.7.